The molecule has 1 aliphatic heterocycles. The number of hydrogen-bond donors (Lipinski definition) is 1. The van der Waals surface area contributed by atoms with Crippen molar-refractivity contribution in [3.8, 4) is 0 Å². The lowest BCUT2D eigenvalue weighted by atomic mass is 10.2. The lowest BCUT2D eigenvalue weighted by Gasteiger charge is -2.28. The Balaban J connectivity index is 1.89. The van der Waals surface area contributed by atoms with Crippen LogP contribution in [0.1, 0.15) is 5.56 Å². The minimum absolute atomic E-state index is 0.263. The van der Waals surface area contributed by atoms with Gasteiger partial charge in [0.1, 0.15) is 0 Å². The Morgan fingerprint density at radius 1 is 1.35 bits per heavy atom. The molecule has 0 aromatic heterocycles. The van der Waals surface area contributed by atoms with Crippen molar-refractivity contribution in [2.75, 3.05) is 26.3 Å². The normalized spacial score (nSPS) is 15.3. The molecule has 1 aromatic rings. The van der Waals surface area contributed by atoms with E-state index in [4.69, 9.17) is 28.6 Å². The highest BCUT2D eigenvalue weighted by atomic mass is 35.5. The number of ether oxygens (including phenoxy) is 1. The van der Waals surface area contributed by atoms with Gasteiger partial charge in [-0.3, -0.25) is 10.1 Å². The van der Waals surface area contributed by atoms with E-state index in [1.165, 1.54) is 6.08 Å². The summed E-state index contributed by atoms with van der Waals surface area (Å²) in [6.45, 7) is 2.66. The third-order valence-corrected chi connectivity index (χ3v) is 3.55. The number of amides is 1. The summed E-state index contributed by atoms with van der Waals surface area (Å²) >= 11 is 11.2. The third kappa shape index (κ3) is 4.30. The van der Waals surface area contributed by atoms with Crippen LogP contribution in [-0.4, -0.2) is 42.2 Å². The van der Waals surface area contributed by atoms with E-state index < -0.39 is 0 Å². The van der Waals surface area contributed by atoms with Gasteiger partial charge in [0.2, 0.25) is 5.91 Å². The largest absolute Gasteiger partial charge is 0.378 e. The van der Waals surface area contributed by atoms with Crippen molar-refractivity contribution in [1.29, 1.82) is 0 Å². The van der Waals surface area contributed by atoms with E-state index in [-0.39, 0.29) is 5.91 Å². The van der Waals surface area contributed by atoms with Crippen molar-refractivity contribution < 1.29 is 9.53 Å². The van der Waals surface area contributed by atoms with E-state index in [9.17, 15) is 4.79 Å². The molecule has 0 spiro atoms. The number of benzene rings is 1. The molecule has 0 atom stereocenters. The first-order valence-corrected chi connectivity index (χ1v) is 7.05. The zero-order valence-corrected chi connectivity index (χ0v) is 12.4. The van der Waals surface area contributed by atoms with Crippen LogP contribution in [0.3, 0.4) is 0 Å². The van der Waals surface area contributed by atoms with Crippen LogP contribution in [0.5, 0.6) is 0 Å². The summed E-state index contributed by atoms with van der Waals surface area (Å²) in [5.74, 6) is -0.263. The van der Waals surface area contributed by atoms with Gasteiger partial charge in [0.05, 0.1) is 13.2 Å². The topological polar surface area (TPSA) is 41.6 Å². The number of thiocarbonyl (C=S) groups is 1. The first-order valence-electron chi connectivity index (χ1n) is 6.27. The quantitative estimate of drug-likeness (QED) is 0.671. The average Bonchev–Trinajstić information content (AvgIpc) is 2.47. The highest BCUT2D eigenvalue weighted by molar-refractivity contribution is 7.80. The summed E-state index contributed by atoms with van der Waals surface area (Å²) < 4.78 is 5.23. The Morgan fingerprint density at radius 3 is 2.75 bits per heavy atom. The van der Waals surface area contributed by atoms with Crippen LogP contribution in [0, 0.1) is 0 Å². The number of rotatable bonds is 2. The van der Waals surface area contributed by atoms with Crippen molar-refractivity contribution >= 4 is 40.9 Å². The molecule has 0 unspecified atom stereocenters. The lowest BCUT2D eigenvalue weighted by molar-refractivity contribution is -0.115. The standard InChI is InChI=1S/C14H15ClN2O2S/c15-12-4-2-1-3-11(12)5-6-13(18)16-14(20)17-7-9-19-10-8-17/h1-6H,7-10H2,(H,16,18,20)/b6-5+. The molecule has 1 aromatic carbocycles. The molecule has 1 heterocycles. The van der Waals surface area contributed by atoms with Crippen LogP contribution in [0.25, 0.3) is 6.08 Å². The molecule has 1 fully saturated rings. The summed E-state index contributed by atoms with van der Waals surface area (Å²) in [6.07, 6.45) is 3.09. The second-order valence-electron chi connectivity index (χ2n) is 4.25. The van der Waals surface area contributed by atoms with Crippen molar-refractivity contribution in [3.05, 3.63) is 40.9 Å². The lowest BCUT2D eigenvalue weighted by Crippen LogP contribution is -2.47. The van der Waals surface area contributed by atoms with E-state index in [0.717, 1.165) is 5.56 Å². The maximum Gasteiger partial charge on any atom is 0.250 e. The number of nitrogens with one attached hydrogen (secondary N) is 1. The van der Waals surface area contributed by atoms with E-state index in [1.54, 1.807) is 12.1 Å². The van der Waals surface area contributed by atoms with E-state index in [2.05, 4.69) is 5.32 Å². The molecule has 2 rings (SSSR count). The highest BCUT2D eigenvalue weighted by Gasteiger charge is 2.14. The summed E-state index contributed by atoms with van der Waals surface area (Å²) in [5.41, 5.74) is 0.793. The molecule has 6 heteroatoms. The monoisotopic (exact) mass is 310 g/mol. The van der Waals surface area contributed by atoms with Crippen LogP contribution < -0.4 is 5.32 Å². The molecule has 0 bridgehead atoms. The fourth-order valence-corrected chi connectivity index (χ4v) is 2.25. The van der Waals surface area contributed by atoms with Crippen LogP contribution >= 0.6 is 23.8 Å². The maximum absolute atomic E-state index is 11.8. The molecule has 0 aliphatic carbocycles. The second-order valence-corrected chi connectivity index (χ2v) is 5.04. The molecule has 106 valence electrons. The summed E-state index contributed by atoms with van der Waals surface area (Å²) in [7, 11) is 0. The average molecular weight is 311 g/mol. The Kier molecular flexibility index (Phi) is 5.52. The van der Waals surface area contributed by atoms with Crippen molar-refractivity contribution in [2.45, 2.75) is 0 Å². The molecular formula is C14H15ClN2O2S. The Hall–Kier alpha value is -1.43. The molecule has 1 N–H and O–H groups in total. The van der Waals surface area contributed by atoms with Gasteiger partial charge in [-0.05, 0) is 29.9 Å². The van der Waals surface area contributed by atoms with E-state index in [1.807, 2.05) is 23.1 Å². The van der Waals surface area contributed by atoms with Gasteiger partial charge < -0.3 is 9.64 Å². The Bertz CT molecular complexity index is 528. The molecule has 0 radical (unpaired) electrons. The maximum atomic E-state index is 11.8. The molecule has 1 amide bonds. The van der Waals surface area contributed by atoms with Gasteiger partial charge in [-0.15, -0.1) is 0 Å². The fourth-order valence-electron chi connectivity index (χ4n) is 1.77. The van der Waals surface area contributed by atoms with Gasteiger partial charge in [-0.2, -0.15) is 0 Å². The molecule has 20 heavy (non-hydrogen) atoms. The minimum Gasteiger partial charge on any atom is -0.378 e. The highest BCUT2D eigenvalue weighted by Crippen LogP contribution is 2.15. The molecular weight excluding hydrogens is 296 g/mol. The van der Waals surface area contributed by atoms with Gasteiger partial charge in [0.25, 0.3) is 0 Å². The Labute approximate surface area is 128 Å². The number of halogens is 1. The van der Waals surface area contributed by atoms with Gasteiger partial charge in [0.15, 0.2) is 5.11 Å². The van der Waals surface area contributed by atoms with Gasteiger partial charge in [0, 0.05) is 24.2 Å². The van der Waals surface area contributed by atoms with Gasteiger partial charge in [-0.1, -0.05) is 29.8 Å². The third-order valence-electron chi connectivity index (χ3n) is 2.85. The predicted octanol–water partition coefficient (Wildman–Crippen LogP) is 2.09. The number of hydrogen-bond acceptors (Lipinski definition) is 3. The number of carbonyl (C=O) groups is 1. The van der Waals surface area contributed by atoms with Crippen LogP contribution in [0.4, 0.5) is 0 Å². The zero-order chi connectivity index (χ0) is 14.4. The summed E-state index contributed by atoms with van der Waals surface area (Å²) in [5, 5.41) is 3.71. The molecule has 0 saturated carbocycles. The fraction of sp³-hybridized carbons (Fsp3) is 0.286. The smallest absolute Gasteiger partial charge is 0.250 e. The first kappa shape index (κ1) is 15.0. The second kappa shape index (κ2) is 7.38. The predicted molar refractivity (Wildman–Crippen MR) is 83.6 cm³/mol. The minimum atomic E-state index is -0.263. The number of nitrogens with zero attached hydrogens (tertiary/aromatic N) is 1. The van der Waals surface area contributed by atoms with Crippen LogP contribution in [0.15, 0.2) is 30.3 Å². The number of carbonyl (C=O) groups excluding carboxylic acids is 1. The van der Waals surface area contributed by atoms with Crippen LogP contribution in [-0.2, 0) is 9.53 Å². The molecule has 1 aliphatic rings. The first-order chi connectivity index (χ1) is 9.66. The van der Waals surface area contributed by atoms with Crippen molar-refractivity contribution in [1.82, 2.24) is 10.2 Å². The van der Waals surface area contributed by atoms with Gasteiger partial charge in [-0.25, -0.2) is 0 Å². The zero-order valence-electron chi connectivity index (χ0n) is 10.8. The van der Waals surface area contributed by atoms with Gasteiger partial charge >= 0.3 is 0 Å². The van der Waals surface area contributed by atoms with Crippen molar-refractivity contribution in [2.24, 2.45) is 0 Å². The summed E-state index contributed by atoms with van der Waals surface area (Å²) in [4.78, 5) is 13.7. The SMILES string of the molecule is O=C(/C=C/c1ccccc1Cl)NC(=S)N1CCOCC1. The molecule has 1 saturated heterocycles. The van der Waals surface area contributed by atoms with Crippen molar-refractivity contribution in [3.63, 3.8) is 0 Å². The van der Waals surface area contributed by atoms with E-state index >= 15 is 0 Å². The number of morpholine rings is 1. The molecule has 4 nitrogen and oxygen atoms in total. The van der Waals surface area contributed by atoms with E-state index in [0.29, 0.717) is 36.4 Å². The summed E-state index contributed by atoms with van der Waals surface area (Å²) in [6, 6.07) is 7.32. The van der Waals surface area contributed by atoms with Crippen LogP contribution in [0.2, 0.25) is 5.02 Å². The Morgan fingerprint density at radius 2 is 2.05 bits per heavy atom.